The maximum atomic E-state index is 11.9. The third-order valence-electron chi connectivity index (χ3n) is 4.44. The molecular weight excluding hydrogens is 390 g/mol. The molecule has 0 aliphatic carbocycles. The predicted molar refractivity (Wildman–Crippen MR) is 95.6 cm³/mol. The molecule has 1 aliphatic rings. The number of hydrogen-bond donors (Lipinski definition) is 7. The van der Waals surface area contributed by atoms with Crippen LogP contribution in [0.4, 0.5) is 0 Å². The molecule has 1 fully saturated rings. The van der Waals surface area contributed by atoms with Crippen molar-refractivity contribution in [3.8, 4) is 11.5 Å². The van der Waals surface area contributed by atoms with E-state index < -0.39 is 49.2 Å². The van der Waals surface area contributed by atoms with Gasteiger partial charge in [0.1, 0.15) is 18.3 Å². The Morgan fingerprint density at radius 1 is 1.07 bits per heavy atom. The predicted octanol–water partition coefficient (Wildman–Crippen LogP) is -2.12. The summed E-state index contributed by atoms with van der Waals surface area (Å²) in [5.74, 6) is -1.82. The van der Waals surface area contributed by atoms with E-state index in [4.69, 9.17) is 14.6 Å². The summed E-state index contributed by atoms with van der Waals surface area (Å²) in [6.07, 6.45) is -7.86. The lowest BCUT2D eigenvalue weighted by atomic mass is 9.99. The number of aromatic hydroxyl groups is 2. The third-order valence-corrected chi connectivity index (χ3v) is 4.44. The molecule has 1 amide bonds. The molecule has 1 aromatic rings. The van der Waals surface area contributed by atoms with Gasteiger partial charge in [0, 0.05) is 13.0 Å². The molecule has 162 valence electrons. The number of hydrogen-bond acceptors (Lipinski definition) is 10. The second-order valence-electron chi connectivity index (χ2n) is 6.61. The fourth-order valence-electron chi connectivity index (χ4n) is 2.79. The summed E-state index contributed by atoms with van der Waals surface area (Å²) in [5.41, 5.74) is 0.694. The number of phenolic OH excluding ortho intramolecular Hbond substituents is 2. The van der Waals surface area contributed by atoms with Crippen LogP contribution in [0.5, 0.6) is 11.5 Å². The molecular formula is C18H25NO10. The van der Waals surface area contributed by atoms with Gasteiger partial charge in [-0.3, -0.25) is 9.59 Å². The van der Waals surface area contributed by atoms with Crippen molar-refractivity contribution >= 4 is 11.9 Å². The first-order valence-electron chi connectivity index (χ1n) is 9.00. The number of amides is 1. The van der Waals surface area contributed by atoms with Crippen LogP contribution in [0.3, 0.4) is 0 Å². The van der Waals surface area contributed by atoms with Crippen molar-refractivity contribution in [3.05, 3.63) is 23.8 Å². The monoisotopic (exact) mass is 415 g/mol. The normalized spacial score (nSPS) is 26.7. The van der Waals surface area contributed by atoms with Gasteiger partial charge < -0.3 is 45.4 Å². The summed E-state index contributed by atoms with van der Waals surface area (Å²) in [7, 11) is 0. The Bertz CT molecular complexity index is 712. The second kappa shape index (κ2) is 10.4. The number of phenols is 2. The molecule has 0 bridgehead atoms. The fourth-order valence-corrected chi connectivity index (χ4v) is 2.79. The number of aliphatic hydroxyl groups excluding tert-OH is 4. The van der Waals surface area contributed by atoms with E-state index in [0.29, 0.717) is 12.0 Å². The quantitative estimate of drug-likeness (QED) is 0.183. The van der Waals surface area contributed by atoms with Gasteiger partial charge in [0.2, 0.25) is 5.91 Å². The number of carbonyl (C=O) groups is 2. The first-order valence-corrected chi connectivity index (χ1v) is 9.00. The summed E-state index contributed by atoms with van der Waals surface area (Å²) < 4.78 is 9.73. The molecule has 11 nitrogen and oxygen atoms in total. The molecule has 1 aromatic carbocycles. The van der Waals surface area contributed by atoms with Crippen molar-refractivity contribution in [3.63, 3.8) is 0 Å². The SMILES string of the molecule is O=C(CCC(=O)O[C@H]1[C@H](O)[C@@H](CO)OC(O)[C@@H]1O)NCCc1ccc(O)c(O)c1. The highest BCUT2D eigenvalue weighted by molar-refractivity contribution is 5.81. The molecule has 1 heterocycles. The Hall–Kier alpha value is -2.44. The van der Waals surface area contributed by atoms with Gasteiger partial charge >= 0.3 is 5.97 Å². The minimum atomic E-state index is -1.74. The highest BCUT2D eigenvalue weighted by Gasteiger charge is 2.45. The third kappa shape index (κ3) is 6.27. The van der Waals surface area contributed by atoms with Gasteiger partial charge in [-0.25, -0.2) is 0 Å². The zero-order valence-electron chi connectivity index (χ0n) is 15.5. The number of aliphatic hydroxyl groups is 4. The summed E-state index contributed by atoms with van der Waals surface area (Å²) in [6.45, 7) is -0.417. The van der Waals surface area contributed by atoms with E-state index in [1.54, 1.807) is 6.07 Å². The zero-order chi connectivity index (χ0) is 21.6. The summed E-state index contributed by atoms with van der Waals surface area (Å²) >= 11 is 0. The van der Waals surface area contributed by atoms with Crippen LogP contribution in [0.1, 0.15) is 18.4 Å². The van der Waals surface area contributed by atoms with Crippen LogP contribution < -0.4 is 5.32 Å². The van der Waals surface area contributed by atoms with E-state index in [2.05, 4.69) is 5.32 Å². The lowest BCUT2D eigenvalue weighted by molar-refractivity contribution is -0.289. The van der Waals surface area contributed by atoms with Crippen LogP contribution in [0, 0.1) is 0 Å². The molecule has 0 spiro atoms. The number of benzene rings is 1. The number of carbonyl (C=O) groups excluding carboxylic acids is 2. The van der Waals surface area contributed by atoms with Gasteiger partial charge in [0.15, 0.2) is 23.9 Å². The molecule has 2 rings (SSSR count). The summed E-state index contributed by atoms with van der Waals surface area (Å²) in [6, 6.07) is 4.30. The van der Waals surface area contributed by atoms with Crippen molar-refractivity contribution < 1.29 is 49.7 Å². The van der Waals surface area contributed by atoms with Gasteiger partial charge in [0.25, 0.3) is 0 Å². The number of ether oxygens (including phenoxy) is 2. The average molecular weight is 415 g/mol. The Labute approximate surface area is 166 Å². The molecule has 0 aromatic heterocycles. The maximum Gasteiger partial charge on any atom is 0.306 e. The van der Waals surface area contributed by atoms with Crippen molar-refractivity contribution in [2.75, 3.05) is 13.2 Å². The molecule has 29 heavy (non-hydrogen) atoms. The summed E-state index contributed by atoms with van der Waals surface area (Å²) in [4.78, 5) is 23.7. The van der Waals surface area contributed by atoms with Crippen molar-refractivity contribution in [2.24, 2.45) is 0 Å². The van der Waals surface area contributed by atoms with Crippen molar-refractivity contribution in [1.29, 1.82) is 0 Å². The van der Waals surface area contributed by atoms with E-state index in [-0.39, 0.29) is 30.9 Å². The van der Waals surface area contributed by atoms with Crippen LogP contribution >= 0.6 is 0 Å². The Kier molecular flexibility index (Phi) is 8.17. The van der Waals surface area contributed by atoms with Gasteiger partial charge in [0.05, 0.1) is 13.0 Å². The molecule has 5 atom stereocenters. The first kappa shape index (κ1) is 22.8. The minimum absolute atomic E-state index is 0.207. The summed E-state index contributed by atoms with van der Waals surface area (Å²) in [5, 5.41) is 59.6. The molecule has 11 heteroatoms. The molecule has 1 unspecified atom stereocenters. The van der Waals surface area contributed by atoms with Gasteiger partial charge in [-0.15, -0.1) is 0 Å². The average Bonchev–Trinajstić information content (AvgIpc) is 2.69. The van der Waals surface area contributed by atoms with E-state index in [1.807, 2.05) is 0 Å². The number of nitrogens with one attached hydrogen (secondary N) is 1. The number of esters is 1. The fraction of sp³-hybridized carbons (Fsp3) is 0.556. The van der Waals surface area contributed by atoms with E-state index in [0.717, 1.165) is 0 Å². The lowest BCUT2D eigenvalue weighted by Crippen LogP contribution is -2.59. The molecule has 1 aliphatic heterocycles. The van der Waals surface area contributed by atoms with Crippen LogP contribution in [0.25, 0.3) is 0 Å². The Morgan fingerprint density at radius 3 is 2.45 bits per heavy atom. The largest absolute Gasteiger partial charge is 0.504 e. The second-order valence-corrected chi connectivity index (χ2v) is 6.61. The lowest BCUT2D eigenvalue weighted by Gasteiger charge is -2.39. The van der Waals surface area contributed by atoms with Gasteiger partial charge in [-0.2, -0.15) is 0 Å². The smallest absolute Gasteiger partial charge is 0.306 e. The highest BCUT2D eigenvalue weighted by atomic mass is 16.7. The van der Waals surface area contributed by atoms with E-state index in [1.165, 1.54) is 12.1 Å². The number of rotatable bonds is 8. The van der Waals surface area contributed by atoms with Crippen molar-refractivity contribution in [1.82, 2.24) is 5.32 Å². The van der Waals surface area contributed by atoms with Crippen LogP contribution in [0.15, 0.2) is 18.2 Å². The highest BCUT2D eigenvalue weighted by Crippen LogP contribution is 2.25. The van der Waals surface area contributed by atoms with Gasteiger partial charge in [-0.1, -0.05) is 6.07 Å². The van der Waals surface area contributed by atoms with Crippen molar-refractivity contribution in [2.45, 2.75) is 50.0 Å². The van der Waals surface area contributed by atoms with Crippen LogP contribution in [-0.4, -0.2) is 86.4 Å². The molecule has 0 saturated carbocycles. The minimum Gasteiger partial charge on any atom is -0.504 e. The first-order chi connectivity index (χ1) is 13.7. The van der Waals surface area contributed by atoms with Gasteiger partial charge in [-0.05, 0) is 24.1 Å². The molecule has 7 N–H and O–H groups in total. The Balaban J connectivity index is 1.73. The maximum absolute atomic E-state index is 11.9. The van der Waals surface area contributed by atoms with E-state index >= 15 is 0 Å². The molecule has 1 saturated heterocycles. The molecule has 0 radical (unpaired) electrons. The van der Waals surface area contributed by atoms with Crippen LogP contribution in [0.2, 0.25) is 0 Å². The van der Waals surface area contributed by atoms with Crippen LogP contribution in [-0.2, 0) is 25.5 Å². The Morgan fingerprint density at radius 2 is 1.79 bits per heavy atom. The van der Waals surface area contributed by atoms with E-state index in [9.17, 15) is 35.1 Å². The topological polar surface area (TPSA) is 186 Å². The standard InChI is InChI=1S/C18H25NO10/c20-8-12-15(25)17(16(26)18(27)28-12)29-14(24)4-3-13(23)19-6-5-9-1-2-10(21)11(22)7-9/h1-2,7,12,15-18,20-22,25-27H,3-6,8H2,(H,19,23)/t12-,15-,16-,17+,18?/m1/s1. The zero-order valence-corrected chi connectivity index (χ0v) is 15.5.